The van der Waals surface area contributed by atoms with Crippen LogP contribution in [0.3, 0.4) is 0 Å². The van der Waals surface area contributed by atoms with E-state index in [0.717, 1.165) is 20.8 Å². The van der Waals surface area contributed by atoms with Crippen LogP contribution >= 0.6 is 0 Å². The van der Waals surface area contributed by atoms with Gasteiger partial charge in [0.1, 0.15) is 18.1 Å². The van der Waals surface area contributed by atoms with Gasteiger partial charge in [-0.1, -0.05) is 0 Å². The maximum absolute atomic E-state index is 12.7. The summed E-state index contributed by atoms with van der Waals surface area (Å²) in [6.45, 7) is 3.47. The second-order valence-corrected chi connectivity index (χ2v) is 5.51. The first-order valence-electron chi connectivity index (χ1n) is 7.56. The molecule has 9 N–H and O–H groups in total. The van der Waals surface area contributed by atoms with E-state index in [1.165, 1.54) is 0 Å². The van der Waals surface area contributed by atoms with E-state index in [9.17, 15) is 28.8 Å². The van der Waals surface area contributed by atoms with Crippen LogP contribution in [0.2, 0.25) is 0 Å². The van der Waals surface area contributed by atoms with Crippen LogP contribution in [-0.2, 0) is 14.4 Å². The Hall–Kier alpha value is -3.30. The number of nitrogens with zero attached hydrogens (tertiary/aromatic N) is 3. The van der Waals surface area contributed by atoms with Gasteiger partial charge in [-0.05, 0) is 20.8 Å². The largest absolute Gasteiger partial charge is 0.337 e. The summed E-state index contributed by atoms with van der Waals surface area (Å²) >= 11 is 0. The molecule has 3 atom stereocenters. The van der Waals surface area contributed by atoms with Crippen LogP contribution in [0.15, 0.2) is 14.4 Å². The summed E-state index contributed by atoms with van der Waals surface area (Å²) in [5.41, 5.74) is 1.49. The van der Waals surface area contributed by atoms with Crippen molar-refractivity contribution in [2.75, 3.05) is 0 Å². The minimum absolute atomic E-state index is 0.379. The second-order valence-electron chi connectivity index (χ2n) is 5.51. The van der Waals surface area contributed by atoms with Gasteiger partial charge in [0, 0.05) is 0 Å². The molecule has 0 aliphatic carbocycles. The maximum atomic E-state index is 12.7. The Morgan fingerprint density at radius 1 is 0.630 bits per heavy atom. The Kier molecular flexibility index (Phi) is 6.75. The van der Waals surface area contributed by atoms with Gasteiger partial charge in [-0.3, -0.25) is 30.7 Å². The number of hydrogen-bond acceptors (Lipinski definition) is 9. The fourth-order valence-electron chi connectivity index (χ4n) is 2.30. The Morgan fingerprint density at radius 2 is 0.815 bits per heavy atom. The van der Waals surface area contributed by atoms with Crippen LogP contribution in [0.25, 0.3) is 0 Å². The van der Waals surface area contributed by atoms with Gasteiger partial charge in [-0.15, -0.1) is 0 Å². The van der Waals surface area contributed by atoms with Crippen LogP contribution < -0.4 is 50.9 Å². The normalized spacial score (nSPS) is 14.0. The van der Waals surface area contributed by atoms with E-state index in [-0.39, 0.29) is 0 Å². The molecule has 0 spiro atoms. The quantitative estimate of drug-likeness (QED) is 0.155. The highest BCUT2D eigenvalue weighted by Crippen LogP contribution is 2.04. The van der Waals surface area contributed by atoms with Crippen LogP contribution in [0.5, 0.6) is 0 Å². The molecule has 0 radical (unpaired) electrons. The van der Waals surface area contributed by atoms with Crippen molar-refractivity contribution in [3.8, 4) is 0 Å². The average molecular weight is 387 g/mol. The van der Waals surface area contributed by atoms with Gasteiger partial charge in [0.2, 0.25) is 0 Å². The molecule has 1 aromatic heterocycles. The van der Waals surface area contributed by atoms with Crippen molar-refractivity contribution in [3.05, 3.63) is 31.5 Å². The summed E-state index contributed by atoms with van der Waals surface area (Å²) in [7, 11) is 0. The molecule has 1 heterocycles. The SMILES string of the molecule is CC(C(=O)NN)n1c(=O)n(C(C)C(=O)NN)c(=O)n(C(C)C(=O)NN)c1=O. The first-order chi connectivity index (χ1) is 12.5. The van der Waals surface area contributed by atoms with Crippen LogP contribution in [0, 0.1) is 0 Å². The minimum atomic E-state index is -1.46. The number of carbonyl (C=O) groups excluding carboxylic acids is 3. The number of hydrazine groups is 3. The van der Waals surface area contributed by atoms with E-state index in [1.54, 1.807) is 16.3 Å². The number of carbonyl (C=O) groups is 3. The van der Waals surface area contributed by atoms with Gasteiger partial charge in [0.25, 0.3) is 17.7 Å². The maximum Gasteiger partial charge on any atom is 0.337 e. The van der Waals surface area contributed by atoms with Gasteiger partial charge < -0.3 is 0 Å². The standard InChI is InChI=1S/C12H21N9O6/c1-4(7(22)16-13)19-10(25)20(5(2)8(23)17-14)12(27)21(11(19)26)6(3)9(24)18-15/h4-6H,13-15H2,1-3H3,(H,16,22)(H,17,23)(H,18,24). The van der Waals surface area contributed by atoms with Crippen molar-refractivity contribution < 1.29 is 14.4 Å². The van der Waals surface area contributed by atoms with E-state index in [0.29, 0.717) is 13.7 Å². The molecule has 3 amide bonds. The molecule has 0 saturated carbocycles. The topological polar surface area (TPSA) is 231 Å². The zero-order chi connectivity index (χ0) is 21.0. The summed E-state index contributed by atoms with van der Waals surface area (Å²) in [4.78, 5) is 73.5. The summed E-state index contributed by atoms with van der Waals surface area (Å²) < 4.78 is 1.14. The van der Waals surface area contributed by atoms with Gasteiger partial charge in [0.15, 0.2) is 0 Å². The van der Waals surface area contributed by atoms with Gasteiger partial charge in [-0.2, -0.15) is 0 Å². The van der Waals surface area contributed by atoms with Crippen molar-refractivity contribution in [3.63, 3.8) is 0 Å². The molecule has 0 saturated heterocycles. The number of nitrogens with one attached hydrogen (secondary N) is 3. The Balaban J connectivity index is 4.01. The summed E-state index contributed by atoms with van der Waals surface area (Å²) in [5, 5.41) is 0. The van der Waals surface area contributed by atoms with Gasteiger partial charge in [-0.25, -0.2) is 45.6 Å². The molecule has 1 rings (SSSR count). The fourth-order valence-corrected chi connectivity index (χ4v) is 2.30. The lowest BCUT2D eigenvalue weighted by Gasteiger charge is -2.21. The molecule has 0 aliphatic rings. The zero-order valence-electron chi connectivity index (χ0n) is 14.8. The molecule has 0 bridgehead atoms. The first kappa shape index (κ1) is 21.7. The molecular formula is C12H21N9O6. The Bertz CT molecular complexity index is 779. The lowest BCUT2D eigenvalue weighted by atomic mass is 10.3. The van der Waals surface area contributed by atoms with Crippen molar-refractivity contribution in [2.45, 2.75) is 38.9 Å². The van der Waals surface area contributed by atoms with E-state index in [1.807, 2.05) is 0 Å². The molecule has 0 aromatic carbocycles. The number of rotatable bonds is 6. The van der Waals surface area contributed by atoms with E-state index in [2.05, 4.69) is 0 Å². The van der Waals surface area contributed by atoms with E-state index < -0.39 is 52.9 Å². The van der Waals surface area contributed by atoms with Crippen molar-refractivity contribution in [1.82, 2.24) is 30.0 Å². The number of aromatic nitrogens is 3. The molecule has 27 heavy (non-hydrogen) atoms. The molecule has 3 unspecified atom stereocenters. The van der Waals surface area contributed by atoms with E-state index in [4.69, 9.17) is 17.5 Å². The van der Waals surface area contributed by atoms with Crippen molar-refractivity contribution in [1.29, 1.82) is 0 Å². The fraction of sp³-hybridized carbons (Fsp3) is 0.500. The van der Waals surface area contributed by atoms with Gasteiger partial charge in [0.05, 0.1) is 0 Å². The first-order valence-corrected chi connectivity index (χ1v) is 7.56. The Labute approximate surface area is 151 Å². The molecule has 1 aromatic rings. The summed E-state index contributed by atoms with van der Waals surface area (Å²) in [5.74, 6) is 12.3. The summed E-state index contributed by atoms with van der Waals surface area (Å²) in [6.07, 6.45) is 0. The molecule has 150 valence electrons. The second kappa shape index (κ2) is 8.39. The monoisotopic (exact) mass is 387 g/mol. The van der Waals surface area contributed by atoms with Gasteiger partial charge >= 0.3 is 17.1 Å². The minimum Gasteiger partial charge on any atom is -0.292 e. The third-order valence-corrected chi connectivity index (χ3v) is 3.96. The number of amides is 3. The lowest BCUT2D eigenvalue weighted by Crippen LogP contribution is -2.60. The van der Waals surface area contributed by atoms with E-state index >= 15 is 0 Å². The number of hydrogen-bond donors (Lipinski definition) is 6. The highest BCUT2D eigenvalue weighted by molar-refractivity contribution is 5.80. The predicted molar refractivity (Wildman–Crippen MR) is 90.3 cm³/mol. The zero-order valence-corrected chi connectivity index (χ0v) is 14.8. The third kappa shape index (κ3) is 3.78. The lowest BCUT2D eigenvalue weighted by molar-refractivity contribution is -0.124. The third-order valence-electron chi connectivity index (χ3n) is 3.96. The number of nitrogens with two attached hydrogens (primary N) is 3. The highest BCUT2D eigenvalue weighted by atomic mass is 16.2. The molecule has 0 fully saturated rings. The van der Waals surface area contributed by atoms with Crippen LogP contribution in [-0.4, -0.2) is 31.4 Å². The molecule has 15 heteroatoms. The molecule has 0 aliphatic heterocycles. The molecular weight excluding hydrogens is 366 g/mol. The van der Waals surface area contributed by atoms with Crippen LogP contribution in [0.1, 0.15) is 38.9 Å². The predicted octanol–water partition coefficient (Wildman–Crippen LogP) is -5.18. The van der Waals surface area contributed by atoms with Crippen LogP contribution in [0.4, 0.5) is 0 Å². The Morgan fingerprint density at radius 3 is 0.963 bits per heavy atom. The summed E-state index contributed by atoms with van der Waals surface area (Å²) in [6, 6.07) is -4.39. The average Bonchev–Trinajstić information content (AvgIpc) is 2.65. The smallest absolute Gasteiger partial charge is 0.292 e. The van der Waals surface area contributed by atoms with Crippen molar-refractivity contribution in [2.24, 2.45) is 17.5 Å². The van der Waals surface area contributed by atoms with Crippen molar-refractivity contribution >= 4 is 17.7 Å². The highest BCUT2D eigenvalue weighted by Gasteiger charge is 2.30. The molecule has 15 nitrogen and oxygen atoms in total.